The molecule has 3 rings (SSSR count). The molecule has 1 heterocycles. The number of aliphatic carboxylic acids is 1. The van der Waals surface area contributed by atoms with E-state index < -0.39 is 5.97 Å². The van der Waals surface area contributed by atoms with Crippen LogP contribution in [0.3, 0.4) is 0 Å². The van der Waals surface area contributed by atoms with E-state index in [0.717, 1.165) is 36.9 Å². The van der Waals surface area contributed by atoms with Crippen LogP contribution >= 0.6 is 0 Å². The molecule has 0 spiro atoms. The van der Waals surface area contributed by atoms with Crippen LogP contribution in [0.5, 0.6) is 0 Å². The minimum absolute atomic E-state index is 0.157. The van der Waals surface area contributed by atoms with Gasteiger partial charge in [0.25, 0.3) is 5.56 Å². The maximum absolute atomic E-state index is 12.8. The lowest BCUT2D eigenvalue weighted by molar-refractivity contribution is -0.136. The molecule has 0 bridgehead atoms. The Kier molecular flexibility index (Phi) is 4.09. The third kappa shape index (κ3) is 2.82. The molecule has 2 aromatic rings. The standard InChI is InChI=1S/C18H19NO3/c20-17(21)12-14-10-11-16(13-6-2-1-3-7-13)19(18(14)22)15-8-4-5-9-15/h1-3,6-7,10-11,15H,4-5,8-9,12H2,(H,20,21). The van der Waals surface area contributed by atoms with Crippen molar-refractivity contribution < 1.29 is 9.90 Å². The number of hydrogen-bond donors (Lipinski definition) is 1. The zero-order valence-electron chi connectivity index (χ0n) is 12.4. The smallest absolute Gasteiger partial charge is 0.308 e. The summed E-state index contributed by atoms with van der Waals surface area (Å²) in [6.45, 7) is 0. The number of carboxylic acid groups (broad SMARTS) is 1. The van der Waals surface area contributed by atoms with Crippen LogP contribution in [-0.2, 0) is 11.2 Å². The Morgan fingerprint density at radius 1 is 1.09 bits per heavy atom. The van der Waals surface area contributed by atoms with Crippen LogP contribution in [-0.4, -0.2) is 15.6 Å². The molecule has 1 aliphatic rings. The normalized spacial score (nSPS) is 15.1. The molecule has 4 heteroatoms. The number of carbonyl (C=O) groups is 1. The van der Waals surface area contributed by atoms with Gasteiger partial charge in [0.15, 0.2) is 0 Å². The number of carboxylic acids is 1. The highest BCUT2D eigenvalue weighted by Crippen LogP contribution is 2.32. The molecule has 0 unspecified atom stereocenters. The summed E-state index contributed by atoms with van der Waals surface area (Å²) in [6, 6.07) is 13.5. The van der Waals surface area contributed by atoms with Gasteiger partial charge >= 0.3 is 5.97 Å². The monoisotopic (exact) mass is 297 g/mol. The second-order valence-corrected chi connectivity index (χ2v) is 5.79. The Morgan fingerprint density at radius 3 is 2.41 bits per heavy atom. The molecule has 1 saturated carbocycles. The van der Waals surface area contributed by atoms with Gasteiger partial charge < -0.3 is 9.67 Å². The molecule has 0 radical (unpaired) electrons. The molecular weight excluding hydrogens is 278 g/mol. The molecule has 0 amide bonds. The summed E-state index contributed by atoms with van der Waals surface area (Å²) < 4.78 is 1.82. The predicted molar refractivity (Wildman–Crippen MR) is 85.0 cm³/mol. The molecule has 0 aliphatic heterocycles. The minimum Gasteiger partial charge on any atom is -0.481 e. The highest BCUT2D eigenvalue weighted by atomic mass is 16.4. The van der Waals surface area contributed by atoms with Crippen molar-refractivity contribution >= 4 is 5.97 Å². The van der Waals surface area contributed by atoms with Crippen molar-refractivity contribution in [3.8, 4) is 11.3 Å². The Labute approximate surface area is 129 Å². The third-order valence-corrected chi connectivity index (χ3v) is 4.30. The van der Waals surface area contributed by atoms with Crippen LogP contribution in [0.25, 0.3) is 11.3 Å². The van der Waals surface area contributed by atoms with Crippen molar-refractivity contribution in [2.75, 3.05) is 0 Å². The predicted octanol–water partition coefficient (Wildman–Crippen LogP) is 3.26. The zero-order chi connectivity index (χ0) is 15.5. The van der Waals surface area contributed by atoms with Gasteiger partial charge in [0.05, 0.1) is 12.1 Å². The second-order valence-electron chi connectivity index (χ2n) is 5.79. The van der Waals surface area contributed by atoms with Gasteiger partial charge in [0.2, 0.25) is 0 Å². The van der Waals surface area contributed by atoms with Gasteiger partial charge in [-0.1, -0.05) is 49.2 Å². The highest BCUT2D eigenvalue weighted by Gasteiger charge is 2.22. The van der Waals surface area contributed by atoms with Crippen molar-refractivity contribution in [3.63, 3.8) is 0 Å². The van der Waals surface area contributed by atoms with Crippen molar-refractivity contribution in [2.24, 2.45) is 0 Å². The van der Waals surface area contributed by atoms with Crippen LogP contribution in [0.1, 0.15) is 37.3 Å². The molecule has 0 saturated heterocycles. The Hall–Kier alpha value is -2.36. The van der Waals surface area contributed by atoms with E-state index in [-0.39, 0.29) is 18.0 Å². The lowest BCUT2D eigenvalue weighted by atomic mass is 10.1. The Morgan fingerprint density at radius 2 is 1.77 bits per heavy atom. The molecule has 1 fully saturated rings. The molecule has 0 atom stereocenters. The zero-order valence-corrected chi connectivity index (χ0v) is 12.4. The number of nitrogens with zero attached hydrogens (tertiary/aromatic N) is 1. The molecule has 1 aliphatic carbocycles. The van der Waals surface area contributed by atoms with E-state index in [2.05, 4.69) is 0 Å². The summed E-state index contributed by atoms with van der Waals surface area (Å²) in [5.41, 5.74) is 2.08. The fourth-order valence-electron chi connectivity index (χ4n) is 3.26. The van der Waals surface area contributed by atoms with Gasteiger partial charge in [-0.3, -0.25) is 9.59 Å². The number of pyridine rings is 1. The van der Waals surface area contributed by atoms with Crippen molar-refractivity contribution in [1.29, 1.82) is 0 Å². The summed E-state index contributed by atoms with van der Waals surface area (Å²) in [5, 5.41) is 8.99. The average molecular weight is 297 g/mol. The van der Waals surface area contributed by atoms with Gasteiger partial charge in [-0.15, -0.1) is 0 Å². The average Bonchev–Trinajstić information content (AvgIpc) is 3.03. The summed E-state index contributed by atoms with van der Waals surface area (Å²) in [6.07, 6.45) is 3.98. The van der Waals surface area contributed by atoms with Gasteiger partial charge in [-0.05, 0) is 24.5 Å². The number of hydrogen-bond acceptors (Lipinski definition) is 2. The Bertz CT molecular complexity index is 728. The van der Waals surface area contributed by atoms with Crippen LogP contribution in [0.2, 0.25) is 0 Å². The maximum Gasteiger partial charge on any atom is 0.308 e. The van der Waals surface area contributed by atoms with Crippen molar-refractivity contribution in [1.82, 2.24) is 4.57 Å². The molecule has 1 aromatic carbocycles. The van der Waals surface area contributed by atoms with E-state index in [0.29, 0.717) is 5.56 Å². The van der Waals surface area contributed by atoms with Crippen LogP contribution in [0.15, 0.2) is 47.3 Å². The van der Waals surface area contributed by atoms with E-state index in [1.807, 2.05) is 41.0 Å². The molecule has 1 aromatic heterocycles. The van der Waals surface area contributed by atoms with Gasteiger partial charge in [0.1, 0.15) is 0 Å². The molecule has 4 nitrogen and oxygen atoms in total. The number of benzene rings is 1. The minimum atomic E-state index is -0.970. The third-order valence-electron chi connectivity index (χ3n) is 4.30. The van der Waals surface area contributed by atoms with E-state index >= 15 is 0 Å². The van der Waals surface area contributed by atoms with E-state index in [1.165, 1.54) is 0 Å². The Balaban J connectivity index is 2.15. The summed E-state index contributed by atoms with van der Waals surface area (Å²) in [5.74, 6) is -0.970. The first kappa shape index (κ1) is 14.6. The first-order valence-electron chi connectivity index (χ1n) is 7.68. The van der Waals surface area contributed by atoms with E-state index in [1.54, 1.807) is 6.07 Å². The second kappa shape index (κ2) is 6.18. The molecular formula is C18H19NO3. The molecule has 22 heavy (non-hydrogen) atoms. The lowest BCUT2D eigenvalue weighted by Gasteiger charge is -2.20. The highest BCUT2D eigenvalue weighted by molar-refractivity contribution is 5.70. The molecule has 114 valence electrons. The summed E-state index contributed by atoms with van der Waals surface area (Å²) in [7, 11) is 0. The van der Waals surface area contributed by atoms with Crippen LogP contribution < -0.4 is 5.56 Å². The number of aromatic nitrogens is 1. The summed E-state index contributed by atoms with van der Waals surface area (Å²) >= 11 is 0. The maximum atomic E-state index is 12.8. The topological polar surface area (TPSA) is 59.3 Å². The van der Waals surface area contributed by atoms with Crippen LogP contribution in [0, 0.1) is 0 Å². The fourth-order valence-corrected chi connectivity index (χ4v) is 3.26. The summed E-state index contributed by atoms with van der Waals surface area (Å²) in [4.78, 5) is 23.7. The lowest BCUT2D eigenvalue weighted by Crippen LogP contribution is -2.29. The first-order chi connectivity index (χ1) is 10.7. The van der Waals surface area contributed by atoms with Gasteiger partial charge in [-0.25, -0.2) is 0 Å². The van der Waals surface area contributed by atoms with Gasteiger partial charge in [0, 0.05) is 11.6 Å². The quantitative estimate of drug-likeness (QED) is 0.942. The van der Waals surface area contributed by atoms with Crippen molar-refractivity contribution in [2.45, 2.75) is 38.1 Å². The van der Waals surface area contributed by atoms with E-state index in [9.17, 15) is 9.59 Å². The largest absolute Gasteiger partial charge is 0.481 e. The van der Waals surface area contributed by atoms with Crippen LogP contribution in [0.4, 0.5) is 0 Å². The van der Waals surface area contributed by atoms with Crippen molar-refractivity contribution in [3.05, 3.63) is 58.4 Å². The number of rotatable bonds is 4. The fraction of sp³-hybridized carbons (Fsp3) is 0.333. The molecule has 1 N–H and O–H groups in total. The van der Waals surface area contributed by atoms with Gasteiger partial charge in [-0.2, -0.15) is 0 Å². The first-order valence-corrected chi connectivity index (χ1v) is 7.68. The SMILES string of the molecule is O=C(O)Cc1ccc(-c2ccccc2)n(C2CCCC2)c1=O. The van der Waals surface area contributed by atoms with E-state index in [4.69, 9.17) is 5.11 Å².